The lowest BCUT2D eigenvalue weighted by atomic mass is 9.85. The van der Waals surface area contributed by atoms with Crippen LogP contribution in [-0.2, 0) is 28.7 Å². The van der Waals surface area contributed by atoms with Gasteiger partial charge in [0.25, 0.3) is 16.0 Å². The Morgan fingerprint density at radius 3 is 2.36 bits per heavy atom. The number of carbonyl (C=O) groups is 3. The molecule has 1 aromatic heterocycles. The maximum atomic E-state index is 14.6. The Morgan fingerprint density at radius 1 is 1.15 bits per heavy atom. The van der Waals surface area contributed by atoms with Gasteiger partial charge < -0.3 is 20.6 Å². The minimum Gasteiger partial charge on any atom is -0.391 e. The second-order valence-corrected chi connectivity index (χ2v) is 16.6. The molecule has 11 nitrogen and oxygen atoms in total. The number of amides is 3. The van der Waals surface area contributed by atoms with Crippen LogP contribution in [-0.4, -0.2) is 84.4 Å². The summed E-state index contributed by atoms with van der Waals surface area (Å²) < 4.78 is 42.2. The zero-order valence-electron chi connectivity index (χ0n) is 27.9. The number of aliphatic hydroxyl groups excluding tert-OH is 1. The molecule has 2 heterocycles. The van der Waals surface area contributed by atoms with E-state index in [0.717, 1.165) is 28.0 Å². The summed E-state index contributed by atoms with van der Waals surface area (Å²) >= 11 is 1.54. The molecule has 260 valence electrons. The van der Waals surface area contributed by atoms with Gasteiger partial charge in [-0.3, -0.25) is 18.6 Å². The number of alkyl halides is 1. The maximum Gasteiger partial charge on any atom is 0.264 e. The molecule has 1 aliphatic carbocycles. The maximum absolute atomic E-state index is 14.6. The minimum absolute atomic E-state index is 0.0188. The van der Waals surface area contributed by atoms with Crippen LogP contribution in [0.2, 0.25) is 0 Å². The first-order valence-electron chi connectivity index (χ1n) is 16.0. The van der Waals surface area contributed by atoms with Crippen molar-refractivity contribution in [1.29, 1.82) is 0 Å². The highest BCUT2D eigenvalue weighted by atomic mass is 32.2. The Morgan fingerprint density at radius 2 is 1.81 bits per heavy atom. The first-order chi connectivity index (χ1) is 21.9. The van der Waals surface area contributed by atoms with Gasteiger partial charge in [0.15, 0.2) is 5.67 Å². The molecule has 3 N–H and O–H groups in total. The number of likely N-dealkylation sites (tertiary alicyclic amines) is 1. The van der Waals surface area contributed by atoms with E-state index in [1.54, 1.807) is 26.3 Å². The number of nitrogens with zero attached hydrogens (tertiary/aromatic N) is 2. The Labute approximate surface area is 280 Å². The van der Waals surface area contributed by atoms with Gasteiger partial charge in [0, 0.05) is 13.0 Å². The first kappa shape index (κ1) is 36.9. The highest BCUT2D eigenvalue weighted by Gasteiger charge is 2.53. The largest absolute Gasteiger partial charge is 0.391 e. The van der Waals surface area contributed by atoms with E-state index in [-0.39, 0.29) is 38.3 Å². The number of nitrogens with one attached hydrogen (secondary N) is 2. The van der Waals surface area contributed by atoms with Crippen molar-refractivity contribution in [2.45, 2.75) is 103 Å². The Balaban J connectivity index is 1.52. The molecule has 5 atom stereocenters. The molecule has 47 heavy (non-hydrogen) atoms. The van der Waals surface area contributed by atoms with Gasteiger partial charge >= 0.3 is 0 Å². The van der Waals surface area contributed by atoms with E-state index in [9.17, 15) is 32.3 Å². The molecule has 14 heteroatoms. The van der Waals surface area contributed by atoms with Crippen molar-refractivity contribution < 1.29 is 36.5 Å². The van der Waals surface area contributed by atoms with E-state index in [0.29, 0.717) is 19.3 Å². The van der Waals surface area contributed by atoms with Gasteiger partial charge in [-0.25, -0.2) is 9.37 Å². The fourth-order valence-electron chi connectivity index (χ4n) is 5.75. The molecule has 1 aliphatic heterocycles. The molecule has 2 aliphatic rings. The van der Waals surface area contributed by atoms with Crippen molar-refractivity contribution in [3.63, 3.8) is 0 Å². The second-order valence-electron chi connectivity index (χ2n) is 14.1. The zero-order valence-corrected chi connectivity index (χ0v) is 29.5. The molecule has 2 fully saturated rings. The zero-order chi connectivity index (χ0) is 34.7. The van der Waals surface area contributed by atoms with Crippen molar-refractivity contribution in [3.05, 3.63) is 41.0 Å². The number of aromatic nitrogens is 1. The third kappa shape index (κ3) is 9.80. The highest BCUT2D eigenvalue weighted by molar-refractivity contribution is 7.85. The SMILES string of the molecule is Cc1ncsc1-c1ccc([C@H](CC[C@H](C)CCOS(C)(=O)=O)NC(=O)[C@@H]2C[C@@H](O)CN2C(=O)[C@@H](NC(=O)C2(F)CC2)C(C)(C)C)cc1. The van der Waals surface area contributed by atoms with Crippen molar-refractivity contribution in [2.75, 3.05) is 19.4 Å². The van der Waals surface area contributed by atoms with Crippen LogP contribution in [0, 0.1) is 18.3 Å². The van der Waals surface area contributed by atoms with Gasteiger partial charge in [0.2, 0.25) is 11.8 Å². The molecule has 3 amide bonds. The molecule has 1 saturated carbocycles. The number of benzene rings is 1. The third-order valence-electron chi connectivity index (χ3n) is 8.84. The van der Waals surface area contributed by atoms with E-state index in [1.165, 1.54) is 16.2 Å². The summed E-state index contributed by atoms with van der Waals surface area (Å²) in [5, 5.41) is 16.3. The molecular weight excluding hydrogens is 648 g/mol. The second kappa shape index (κ2) is 14.7. The molecular formula is C33H47FN4O7S2. The van der Waals surface area contributed by atoms with Gasteiger partial charge in [0.05, 0.1) is 41.1 Å². The fourth-order valence-corrected chi connectivity index (χ4v) is 6.96. The molecule has 4 rings (SSSR count). The number of thiazole rings is 1. The standard InChI is InChI=1S/C33H47FN4O7S2/c1-20(13-16-45-47(6,43)44)7-12-25(22-8-10-23(11-9-22)27-21(2)35-19-46-27)36-29(40)26-17-24(39)18-38(26)30(41)28(32(3,4)5)37-31(42)33(34)14-15-33/h8-11,19-20,24-26,28,39H,7,12-18H2,1-6H3,(H,36,40)(H,37,42)/t20-,24+,25-,26-,28+/m0/s1. The normalized spacial score (nSPS) is 21.1. The van der Waals surface area contributed by atoms with Crippen molar-refractivity contribution in [1.82, 2.24) is 20.5 Å². The summed E-state index contributed by atoms with van der Waals surface area (Å²) in [5.74, 6) is -1.74. The van der Waals surface area contributed by atoms with E-state index in [2.05, 4.69) is 15.6 Å². The Hall–Kier alpha value is -2.94. The molecule has 2 aromatic rings. The number of rotatable bonds is 14. The lowest BCUT2D eigenvalue weighted by Gasteiger charge is -2.36. The molecule has 0 bridgehead atoms. The van der Waals surface area contributed by atoms with Crippen LogP contribution in [0.25, 0.3) is 10.4 Å². The molecule has 1 aromatic carbocycles. The van der Waals surface area contributed by atoms with Gasteiger partial charge in [-0.15, -0.1) is 11.3 Å². The van der Waals surface area contributed by atoms with E-state index >= 15 is 0 Å². The van der Waals surface area contributed by atoms with Crippen LogP contribution in [0.15, 0.2) is 29.8 Å². The topological polar surface area (TPSA) is 155 Å². The number of hydrogen-bond acceptors (Lipinski definition) is 9. The number of β-amino-alcohol motifs (C(OH)–C–C–N with tert-alkyl or cyclic N) is 1. The lowest BCUT2D eigenvalue weighted by Crippen LogP contribution is -2.59. The predicted octanol–water partition coefficient (Wildman–Crippen LogP) is 4.05. The van der Waals surface area contributed by atoms with Crippen LogP contribution in [0.1, 0.15) is 83.5 Å². The number of hydrogen-bond donors (Lipinski definition) is 3. The number of carbonyl (C=O) groups excluding carboxylic acids is 3. The smallest absolute Gasteiger partial charge is 0.264 e. The summed E-state index contributed by atoms with van der Waals surface area (Å²) in [6.45, 7) is 9.16. The van der Waals surface area contributed by atoms with Gasteiger partial charge in [-0.2, -0.15) is 8.42 Å². The summed E-state index contributed by atoms with van der Waals surface area (Å²) in [7, 11) is -3.54. The summed E-state index contributed by atoms with van der Waals surface area (Å²) in [4.78, 5) is 47.1. The van der Waals surface area contributed by atoms with E-state index in [4.69, 9.17) is 4.18 Å². The monoisotopic (exact) mass is 694 g/mol. The van der Waals surface area contributed by atoms with Crippen molar-refractivity contribution in [3.8, 4) is 10.4 Å². The number of halogens is 1. The average molecular weight is 695 g/mol. The number of aryl methyl sites for hydroxylation is 1. The third-order valence-corrected chi connectivity index (χ3v) is 10.4. The predicted molar refractivity (Wildman–Crippen MR) is 178 cm³/mol. The van der Waals surface area contributed by atoms with Crippen LogP contribution in [0.5, 0.6) is 0 Å². The fraction of sp³-hybridized carbons (Fsp3) is 0.636. The quantitative estimate of drug-likeness (QED) is 0.250. The summed E-state index contributed by atoms with van der Waals surface area (Å²) in [5.41, 5.74) is 1.79. The molecule has 0 unspecified atom stereocenters. The molecule has 0 radical (unpaired) electrons. The number of aliphatic hydroxyl groups is 1. The van der Waals surface area contributed by atoms with Gasteiger partial charge in [-0.1, -0.05) is 52.0 Å². The van der Waals surface area contributed by atoms with E-state index < -0.39 is 63.2 Å². The van der Waals surface area contributed by atoms with E-state index in [1.807, 2.05) is 38.1 Å². The van der Waals surface area contributed by atoms with Gasteiger partial charge in [-0.05, 0) is 61.5 Å². The first-order valence-corrected chi connectivity index (χ1v) is 18.7. The van der Waals surface area contributed by atoms with Crippen LogP contribution in [0.3, 0.4) is 0 Å². The summed E-state index contributed by atoms with van der Waals surface area (Å²) in [6, 6.07) is 5.28. The van der Waals surface area contributed by atoms with Crippen LogP contribution >= 0.6 is 11.3 Å². The summed E-state index contributed by atoms with van der Waals surface area (Å²) in [6.07, 6.45) is 1.97. The minimum atomic E-state index is -3.54. The van der Waals surface area contributed by atoms with Crippen molar-refractivity contribution >= 4 is 39.2 Å². The van der Waals surface area contributed by atoms with Crippen LogP contribution in [0.4, 0.5) is 4.39 Å². The molecule has 0 spiro atoms. The Bertz CT molecular complexity index is 1540. The van der Waals surface area contributed by atoms with Crippen LogP contribution < -0.4 is 10.6 Å². The molecule has 1 saturated heterocycles. The van der Waals surface area contributed by atoms with Gasteiger partial charge in [0.1, 0.15) is 12.1 Å². The van der Waals surface area contributed by atoms with Crippen molar-refractivity contribution in [2.24, 2.45) is 11.3 Å². The average Bonchev–Trinajstić information content (AvgIpc) is 3.39. The highest BCUT2D eigenvalue weighted by Crippen LogP contribution is 2.40. The lowest BCUT2D eigenvalue weighted by molar-refractivity contribution is -0.145. The Kier molecular flexibility index (Phi) is 11.5.